The first-order valence-corrected chi connectivity index (χ1v) is 8.90. The molecule has 1 N–H and O–H groups in total. The average molecular weight is 359 g/mol. The van der Waals surface area contributed by atoms with Gasteiger partial charge in [0.2, 0.25) is 0 Å². The highest BCUT2D eigenvalue weighted by Gasteiger charge is 2.22. The number of aliphatic hydroxyl groups excluding tert-OH is 1. The zero-order valence-electron chi connectivity index (χ0n) is 15.5. The lowest BCUT2D eigenvalue weighted by Gasteiger charge is -2.29. The van der Waals surface area contributed by atoms with Crippen molar-refractivity contribution in [3.63, 3.8) is 0 Å². The van der Waals surface area contributed by atoms with Crippen molar-refractivity contribution >= 4 is 17.7 Å². The Bertz CT molecular complexity index is 470. The van der Waals surface area contributed by atoms with Crippen molar-refractivity contribution in [1.29, 1.82) is 0 Å². The van der Waals surface area contributed by atoms with Gasteiger partial charge in [-0.1, -0.05) is 31.5 Å². The lowest BCUT2D eigenvalue weighted by atomic mass is 10.1. The summed E-state index contributed by atoms with van der Waals surface area (Å²) >= 11 is 5.50. The van der Waals surface area contributed by atoms with Crippen LogP contribution in [0.1, 0.15) is 59.6 Å². The van der Waals surface area contributed by atoms with Gasteiger partial charge < -0.3 is 14.7 Å². The molecular formula is C18H31ClN2O3. The number of hydrogen-bond donors (Lipinski definition) is 1. The number of nitrogens with zero attached hydrogens (tertiary/aromatic N) is 2. The summed E-state index contributed by atoms with van der Waals surface area (Å²) in [5.41, 5.74) is 0.233. The number of halogens is 1. The van der Waals surface area contributed by atoms with E-state index < -0.39 is 0 Å². The molecule has 0 unspecified atom stereocenters. The highest BCUT2D eigenvalue weighted by atomic mass is 35.5. The molecule has 2 rings (SSSR count). The summed E-state index contributed by atoms with van der Waals surface area (Å²) in [6.07, 6.45) is 3.30. The Morgan fingerprint density at radius 1 is 1.25 bits per heavy atom. The maximum Gasteiger partial charge on any atom is 0.410 e. The van der Waals surface area contributed by atoms with Gasteiger partial charge in [0.05, 0.1) is 12.3 Å². The molecule has 1 saturated heterocycles. The first kappa shape index (κ1) is 22.7. The van der Waals surface area contributed by atoms with Crippen LogP contribution in [0.3, 0.4) is 0 Å². The molecule has 5 nitrogen and oxygen atoms in total. The molecule has 24 heavy (non-hydrogen) atoms. The molecule has 1 aliphatic heterocycles. The largest absolute Gasteiger partial charge is 0.444 e. The zero-order chi connectivity index (χ0) is 18.6. The van der Waals surface area contributed by atoms with E-state index in [-0.39, 0.29) is 18.3 Å². The molecular weight excluding hydrogens is 328 g/mol. The number of aliphatic hydroxyl groups is 1. The van der Waals surface area contributed by atoms with Crippen LogP contribution in [0.4, 0.5) is 4.79 Å². The van der Waals surface area contributed by atoms with E-state index in [4.69, 9.17) is 21.4 Å². The highest BCUT2D eigenvalue weighted by molar-refractivity contribution is 6.29. The monoisotopic (exact) mass is 358 g/mol. The Kier molecular flexibility index (Phi) is 11.4. The molecule has 1 aromatic rings. The van der Waals surface area contributed by atoms with Crippen LogP contribution >= 0.6 is 11.6 Å². The molecule has 0 aromatic carbocycles. The van der Waals surface area contributed by atoms with E-state index in [1.54, 1.807) is 23.1 Å². The molecule has 1 aromatic heterocycles. The number of likely N-dealkylation sites (tertiary alicyclic amines) is 1. The van der Waals surface area contributed by atoms with Crippen LogP contribution in [0.2, 0.25) is 5.15 Å². The van der Waals surface area contributed by atoms with Gasteiger partial charge in [0, 0.05) is 13.1 Å². The van der Waals surface area contributed by atoms with E-state index in [0.717, 1.165) is 25.9 Å². The fraction of sp³-hybridized carbons (Fsp3) is 0.667. The number of aromatic nitrogens is 1. The molecule has 0 bridgehead atoms. The predicted molar refractivity (Wildman–Crippen MR) is 98.2 cm³/mol. The minimum absolute atomic E-state index is 0.0550. The molecule has 1 amide bonds. The van der Waals surface area contributed by atoms with Gasteiger partial charge in [-0.05, 0) is 52.2 Å². The van der Waals surface area contributed by atoms with Gasteiger partial charge in [0.1, 0.15) is 10.8 Å². The van der Waals surface area contributed by atoms with E-state index in [9.17, 15) is 4.79 Å². The number of piperidine rings is 1. The maximum atomic E-state index is 11.5. The standard InChI is InChI=1S/C10H19NO2.C6H6ClNO.C2H6/c1-10(2,3)13-9(12)11-7-5-4-6-8-11;7-6-3-1-2-5(4-9)8-6;1-2/h4-8H2,1-3H3;1-3,9H,4H2;1-2H3. The summed E-state index contributed by atoms with van der Waals surface area (Å²) in [4.78, 5) is 17.1. The second kappa shape index (κ2) is 12.1. The number of rotatable bonds is 1. The minimum atomic E-state index is -0.367. The third-order valence-electron chi connectivity index (χ3n) is 2.94. The normalized spacial score (nSPS) is 13.9. The van der Waals surface area contributed by atoms with Crippen LogP contribution in [-0.2, 0) is 11.3 Å². The number of carbonyl (C=O) groups excluding carboxylic acids is 1. The van der Waals surface area contributed by atoms with Crippen molar-refractivity contribution < 1.29 is 14.6 Å². The van der Waals surface area contributed by atoms with Crippen LogP contribution in [0, 0.1) is 0 Å². The summed E-state index contributed by atoms with van der Waals surface area (Å²) in [6, 6.07) is 5.13. The third-order valence-corrected chi connectivity index (χ3v) is 3.15. The lowest BCUT2D eigenvalue weighted by molar-refractivity contribution is 0.0216. The minimum Gasteiger partial charge on any atom is -0.444 e. The van der Waals surface area contributed by atoms with Crippen LogP contribution in [0.15, 0.2) is 18.2 Å². The van der Waals surface area contributed by atoms with Gasteiger partial charge in [0.25, 0.3) is 0 Å². The Morgan fingerprint density at radius 3 is 2.25 bits per heavy atom. The van der Waals surface area contributed by atoms with Gasteiger partial charge in [-0.15, -0.1) is 0 Å². The van der Waals surface area contributed by atoms with Gasteiger partial charge in [0.15, 0.2) is 0 Å². The Hall–Kier alpha value is -1.33. The molecule has 1 fully saturated rings. The third kappa shape index (κ3) is 10.4. The Morgan fingerprint density at radius 2 is 1.83 bits per heavy atom. The van der Waals surface area contributed by atoms with Crippen molar-refractivity contribution in [1.82, 2.24) is 9.88 Å². The summed E-state index contributed by atoms with van der Waals surface area (Å²) in [5.74, 6) is 0. The van der Waals surface area contributed by atoms with Gasteiger partial charge >= 0.3 is 6.09 Å². The predicted octanol–water partition coefficient (Wildman–Crippen LogP) is 4.66. The Balaban J connectivity index is 0.000000420. The SMILES string of the molecule is CC.CC(C)(C)OC(=O)N1CCCCC1.OCc1cccc(Cl)n1. The van der Waals surface area contributed by atoms with E-state index in [1.165, 1.54) is 6.42 Å². The fourth-order valence-corrected chi connectivity index (χ4v) is 2.12. The number of ether oxygens (including phenoxy) is 1. The van der Waals surface area contributed by atoms with E-state index in [2.05, 4.69) is 4.98 Å². The smallest absolute Gasteiger partial charge is 0.410 e. The molecule has 0 radical (unpaired) electrons. The summed E-state index contributed by atoms with van der Waals surface area (Å²) in [7, 11) is 0. The van der Waals surface area contributed by atoms with Crippen LogP contribution in [0.25, 0.3) is 0 Å². The molecule has 6 heteroatoms. The zero-order valence-corrected chi connectivity index (χ0v) is 16.3. The summed E-state index contributed by atoms with van der Waals surface area (Å²) in [6.45, 7) is 11.4. The molecule has 0 spiro atoms. The Labute approximate surface area is 151 Å². The molecule has 0 saturated carbocycles. The maximum absolute atomic E-state index is 11.5. The van der Waals surface area contributed by atoms with Gasteiger partial charge in [-0.3, -0.25) is 0 Å². The number of amides is 1. The number of pyridine rings is 1. The second-order valence-electron chi connectivity index (χ2n) is 6.14. The second-order valence-corrected chi connectivity index (χ2v) is 6.53. The first-order chi connectivity index (χ1) is 11.3. The van der Waals surface area contributed by atoms with Crippen molar-refractivity contribution in [2.24, 2.45) is 0 Å². The van der Waals surface area contributed by atoms with Crippen LogP contribution in [-0.4, -0.2) is 39.8 Å². The highest BCUT2D eigenvalue weighted by Crippen LogP contribution is 2.14. The van der Waals surface area contributed by atoms with E-state index in [1.807, 2.05) is 34.6 Å². The van der Waals surface area contributed by atoms with E-state index in [0.29, 0.717) is 10.8 Å². The topological polar surface area (TPSA) is 62.7 Å². The molecule has 0 atom stereocenters. The number of carbonyl (C=O) groups is 1. The van der Waals surface area contributed by atoms with Crippen molar-refractivity contribution in [2.45, 2.75) is 66.1 Å². The molecule has 1 aliphatic rings. The molecule has 138 valence electrons. The number of hydrogen-bond acceptors (Lipinski definition) is 4. The fourth-order valence-electron chi connectivity index (χ4n) is 1.94. The quantitative estimate of drug-likeness (QED) is 0.741. The van der Waals surface area contributed by atoms with E-state index >= 15 is 0 Å². The average Bonchev–Trinajstić information content (AvgIpc) is 2.56. The first-order valence-electron chi connectivity index (χ1n) is 8.52. The van der Waals surface area contributed by atoms with Gasteiger partial charge in [-0.2, -0.15) is 0 Å². The van der Waals surface area contributed by atoms with Crippen LogP contribution in [0.5, 0.6) is 0 Å². The molecule has 0 aliphatic carbocycles. The van der Waals surface area contributed by atoms with Crippen molar-refractivity contribution in [2.75, 3.05) is 13.1 Å². The van der Waals surface area contributed by atoms with Gasteiger partial charge in [-0.25, -0.2) is 9.78 Å². The van der Waals surface area contributed by atoms with Crippen LogP contribution < -0.4 is 0 Å². The lowest BCUT2D eigenvalue weighted by Crippen LogP contribution is -2.39. The van der Waals surface area contributed by atoms with Crippen molar-refractivity contribution in [3.8, 4) is 0 Å². The molecule has 2 heterocycles. The summed E-state index contributed by atoms with van der Waals surface area (Å²) < 4.78 is 5.26. The van der Waals surface area contributed by atoms with Crippen molar-refractivity contribution in [3.05, 3.63) is 29.0 Å². The summed E-state index contributed by atoms with van der Waals surface area (Å²) in [5, 5.41) is 8.96.